The van der Waals surface area contributed by atoms with Gasteiger partial charge in [-0.2, -0.15) is 0 Å². The molecular weight excluding hydrogens is 368 g/mol. The minimum absolute atomic E-state index is 0.0820. The molecule has 3 heterocycles. The van der Waals surface area contributed by atoms with E-state index in [1.165, 1.54) is 7.11 Å². The third-order valence-electron chi connectivity index (χ3n) is 5.13. The van der Waals surface area contributed by atoms with Gasteiger partial charge in [0.05, 0.1) is 17.8 Å². The largest absolute Gasteiger partial charge is 0.391 e. The molecule has 0 spiro atoms. The van der Waals surface area contributed by atoms with Crippen molar-refractivity contribution in [2.24, 2.45) is 0 Å². The molecule has 7 nitrogen and oxygen atoms in total. The van der Waals surface area contributed by atoms with Crippen LogP contribution in [0.15, 0.2) is 42.4 Å². The fourth-order valence-electron chi connectivity index (χ4n) is 3.26. The normalized spacial score (nSPS) is 18.4. The summed E-state index contributed by atoms with van der Waals surface area (Å²) in [7, 11) is 1.49. The van der Waals surface area contributed by atoms with Crippen LogP contribution in [0, 0.1) is 0 Å². The lowest BCUT2D eigenvalue weighted by molar-refractivity contribution is -0.124. The number of fused-ring (bicyclic) bond motifs is 1. The average Bonchev–Trinajstić information content (AvgIpc) is 2.72. The molecule has 0 bridgehead atoms. The number of rotatable bonds is 7. The lowest BCUT2D eigenvalue weighted by atomic mass is 9.95. The number of carbonyl (C=O) groups is 1. The minimum atomic E-state index is -0.548. The van der Waals surface area contributed by atoms with Crippen molar-refractivity contribution in [3.63, 3.8) is 0 Å². The first kappa shape index (κ1) is 21.0. The van der Waals surface area contributed by atoms with Gasteiger partial charge in [0.15, 0.2) is 0 Å². The van der Waals surface area contributed by atoms with Crippen LogP contribution >= 0.6 is 0 Å². The number of amides is 1. The SMILES string of the molecule is CCCC(O)C1C=C(C)C(c2cc3cnc(NC(=O)C(C)OC)cc3cn2)=CN1. The highest BCUT2D eigenvalue weighted by Gasteiger charge is 2.20. The Morgan fingerprint density at radius 2 is 2.03 bits per heavy atom. The molecule has 3 atom stereocenters. The highest BCUT2D eigenvalue weighted by Crippen LogP contribution is 2.27. The van der Waals surface area contributed by atoms with Gasteiger partial charge < -0.3 is 20.5 Å². The van der Waals surface area contributed by atoms with Gasteiger partial charge >= 0.3 is 0 Å². The zero-order valence-electron chi connectivity index (χ0n) is 17.3. The summed E-state index contributed by atoms with van der Waals surface area (Å²) in [6, 6.07) is 3.68. The Balaban J connectivity index is 1.79. The number of carbonyl (C=O) groups excluding carboxylic acids is 1. The van der Waals surface area contributed by atoms with E-state index < -0.39 is 12.2 Å². The Morgan fingerprint density at radius 3 is 2.72 bits per heavy atom. The van der Waals surface area contributed by atoms with Gasteiger partial charge in [0.25, 0.3) is 5.91 Å². The molecule has 0 aromatic carbocycles. The zero-order chi connectivity index (χ0) is 21.0. The molecule has 3 N–H and O–H groups in total. The van der Waals surface area contributed by atoms with Crippen LogP contribution in [0.3, 0.4) is 0 Å². The maximum Gasteiger partial charge on any atom is 0.254 e. The fraction of sp³-hybridized carbons (Fsp3) is 0.409. The molecule has 1 aliphatic heterocycles. The molecule has 154 valence electrons. The van der Waals surface area contributed by atoms with Gasteiger partial charge in [-0.1, -0.05) is 19.4 Å². The molecule has 2 aromatic heterocycles. The number of aliphatic hydroxyl groups excluding tert-OH is 1. The number of aliphatic hydroxyl groups is 1. The van der Waals surface area contributed by atoms with Crippen LogP contribution in [0.5, 0.6) is 0 Å². The second-order valence-electron chi connectivity index (χ2n) is 7.31. The number of allylic oxidation sites excluding steroid dienone is 2. The van der Waals surface area contributed by atoms with Gasteiger partial charge in [-0.25, -0.2) is 4.98 Å². The summed E-state index contributed by atoms with van der Waals surface area (Å²) in [6.45, 7) is 5.77. The van der Waals surface area contributed by atoms with Crippen molar-refractivity contribution in [1.82, 2.24) is 15.3 Å². The smallest absolute Gasteiger partial charge is 0.254 e. The summed E-state index contributed by atoms with van der Waals surface area (Å²) in [5.41, 5.74) is 2.88. The number of ether oxygens (including phenoxy) is 1. The summed E-state index contributed by atoms with van der Waals surface area (Å²) in [5, 5.41) is 18.0. The van der Waals surface area contributed by atoms with Crippen LogP contribution < -0.4 is 10.6 Å². The molecule has 0 fully saturated rings. The monoisotopic (exact) mass is 396 g/mol. The maximum absolute atomic E-state index is 12.0. The topological polar surface area (TPSA) is 96.4 Å². The Kier molecular flexibility index (Phi) is 6.61. The van der Waals surface area contributed by atoms with Gasteiger partial charge in [0.1, 0.15) is 11.9 Å². The molecule has 29 heavy (non-hydrogen) atoms. The Labute approximate surface area is 170 Å². The minimum Gasteiger partial charge on any atom is -0.391 e. The van der Waals surface area contributed by atoms with Crippen LogP contribution in [-0.2, 0) is 9.53 Å². The number of methoxy groups -OCH3 is 1. The van der Waals surface area contributed by atoms with E-state index >= 15 is 0 Å². The van der Waals surface area contributed by atoms with Crippen molar-refractivity contribution < 1.29 is 14.6 Å². The van der Waals surface area contributed by atoms with E-state index in [2.05, 4.69) is 33.6 Å². The molecule has 3 unspecified atom stereocenters. The first-order valence-corrected chi connectivity index (χ1v) is 9.85. The van der Waals surface area contributed by atoms with Gasteiger partial charge in [-0.05, 0) is 38.0 Å². The van der Waals surface area contributed by atoms with Crippen molar-refractivity contribution >= 4 is 28.1 Å². The summed E-state index contributed by atoms with van der Waals surface area (Å²) in [6.07, 6.45) is 8.20. The molecule has 0 saturated heterocycles. The average molecular weight is 396 g/mol. The number of aromatic nitrogens is 2. The first-order chi connectivity index (χ1) is 13.9. The molecule has 7 heteroatoms. The van der Waals surface area contributed by atoms with E-state index in [0.717, 1.165) is 40.5 Å². The summed E-state index contributed by atoms with van der Waals surface area (Å²) >= 11 is 0. The Morgan fingerprint density at radius 1 is 1.31 bits per heavy atom. The molecule has 3 rings (SSSR count). The van der Waals surface area contributed by atoms with Crippen molar-refractivity contribution in [2.75, 3.05) is 12.4 Å². The van der Waals surface area contributed by atoms with Crippen LogP contribution in [0.2, 0.25) is 0 Å². The van der Waals surface area contributed by atoms with Gasteiger partial charge in [-0.15, -0.1) is 0 Å². The molecule has 1 aliphatic rings. The predicted octanol–water partition coefficient (Wildman–Crippen LogP) is 3.02. The maximum atomic E-state index is 12.0. The van der Waals surface area contributed by atoms with Crippen LogP contribution in [0.4, 0.5) is 5.82 Å². The molecule has 0 aliphatic carbocycles. The number of hydrogen-bond acceptors (Lipinski definition) is 6. The summed E-state index contributed by atoms with van der Waals surface area (Å²) in [5.74, 6) is 0.214. The van der Waals surface area contributed by atoms with E-state index in [0.29, 0.717) is 5.82 Å². The summed E-state index contributed by atoms with van der Waals surface area (Å²) < 4.78 is 5.02. The van der Waals surface area contributed by atoms with E-state index in [-0.39, 0.29) is 11.9 Å². The molecule has 1 amide bonds. The third-order valence-corrected chi connectivity index (χ3v) is 5.13. The lowest BCUT2D eigenvalue weighted by Crippen LogP contribution is -2.37. The Bertz CT molecular complexity index is 954. The third kappa shape index (κ3) is 4.81. The summed E-state index contributed by atoms with van der Waals surface area (Å²) in [4.78, 5) is 20.9. The van der Waals surface area contributed by atoms with Crippen molar-refractivity contribution in [3.05, 3.63) is 48.1 Å². The number of dihydropyridines is 1. The second kappa shape index (κ2) is 9.15. The van der Waals surface area contributed by atoms with Gasteiger partial charge in [-0.3, -0.25) is 9.78 Å². The first-order valence-electron chi connectivity index (χ1n) is 9.85. The zero-order valence-corrected chi connectivity index (χ0v) is 17.3. The Hall–Kier alpha value is -2.77. The van der Waals surface area contributed by atoms with Crippen molar-refractivity contribution in [3.8, 4) is 0 Å². The van der Waals surface area contributed by atoms with E-state index in [9.17, 15) is 9.90 Å². The number of nitrogens with zero attached hydrogens (tertiary/aromatic N) is 2. The van der Waals surface area contributed by atoms with Crippen LogP contribution in [0.25, 0.3) is 16.3 Å². The van der Waals surface area contributed by atoms with Crippen molar-refractivity contribution in [1.29, 1.82) is 0 Å². The number of nitrogens with one attached hydrogen (secondary N) is 2. The number of anilines is 1. The number of pyridine rings is 2. The van der Waals surface area contributed by atoms with E-state index in [1.54, 1.807) is 25.4 Å². The fourth-order valence-corrected chi connectivity index (χ4v) is 3.26. The molecule has 0 saturated carbocycles. The highest BCUT2D eigenvalue weighted by molar-refractivity contribution is 5.95. The van der Waals surface area contributed by atoms with Crippen LogP contribution in [-0.4, -0.2) is 46.3 Å². The van der Waals surface area contributed by atoms with E-state index in [4.69, 9.17) is 4.74 Å². The molecule has 0 radical (unpaired) electrons. The van der Waals surface area contributed by atoms with Crippen molar-refractivity contribution in [2.45, 2.75) is 51.9 Å². The quantitative estimate of drug-likeness (QED) is 0.666. The lowest BCUT2D eigenvalue weighted by Gasteiger charge is -2.26. The predicted molar refractivity (Wildman–Crippen MR) is 114 cm³/mol. The molecule has 2 aromatic rings. The molecular formula is C22H28N4O3. The van der Waals surface area contributed by atoms with E-state index in [1.807, 2.05) is 19.2 Å². The van der Waals surface area contributed by atoms with Gasteiger partial charge in [0.2, 0.25) is 0 Å². The van der Waals surface area contributed by atoms with Gasteiger partial charge in [0, 0.05) is 42.0 Å². The second-order valence-corrected chi connectivity index (χ2v) is 7.31. The highest BCUT2D eigenvalue weighted by atomic mass is 16.5. The van der Waals surface area contributed by atoms with Crippen LogP contribution in [0.1, 0.15) is 39.3 Å². The number of hydrogen-bond donors (Lipinski definition) is 3. The standard InChI is InChI=1S/C22H28N4O3/c1-5-6-20(27)19-7-13(2)17(12-24-19)18-8-15-11-25-21(9-16(15)10-23-18)26-22(28)14(3)29-4/h7-12,14,19-20,24,27H,5-6H2,1-4H3,(H,25,26,28).